The van der Waals surface area contributed by atoms with Crippen molar-refractivity contribution >= 4 is 17.7 Å². The van der Waals surface area contributed by atoms with E-state index >= 15 is 0 Å². The van der Waals surface area contributed by atoms with E-state index in [9.17, 15) is 18.4 Å². The minimum absolute atomic E-state index is 0.0464. The second kappa shape index (κ2) is 12.7. The minimum Gasteiger partial charge on any atom is -0.331 e. The maximum atomic E-state index is 13.3. The van der Waals surface area contributed by atoms with E-state index in [-0.39, 0.29) is 11.6 Å². The van der Waals surface area contributed by atoms with Crippen LogP contribution in [-0.2, 0) is 6.54 Å². The van der Waals surface area contributed by atoms with Gasteiger partial charge in [-0.05, 0) is 62.3 Å². The van der Waals surface area contributed by atoms with Gasteiger partial charge in [0, 0.05) is 24.5 Å². The zero-order valence-electron chi connectivity index (χ0n) is 19.2. The van der Waals surface area contributed by atoms with Gasteiger partial charge in [-0.1, -0.05) is 24.3 Å². The van der Waals surface area contributed by atoms with Crippen molar-refractivity contribution in [3.63, 3.8) is 0 Å². The topological polar surface area (TPSA) is 142 Å². The molecule has 1 heterocycles. The highest BCUT2D eigenvalue weighted by Gasteiger charge is 2.11. The molecule has 0 aliphatic rings. The monoisotopic (exact) mass is 485 g/mol. The Bertz CT molecular complexity index is 1180. The molecular weight excluding hydrogens is 456 g/mol. The number of carbonyl (C=O) groups is 1. The van der Waals surface area contributed by atoms with Gasteiger partial charge < -0.3 is 21.8 Å². The standard InChI is InChI=1S/C24H29F2N7O2/c25-20-8-7-18(13-21(20)26)30-24(35)32-23-29-14-19(22(34)31-23)17-5-3-16(4-6-17)15-33(11-1-9-27)12-2-10-28/h3-8,13-14H,1-2,9-12,15,27-28H2,(H3,29,30,31,32,34,35). The Labute approximate surface area is 201 Å². The summed E-state index contributed by atoms with van der Waals surface area (Å²) in [6.45, 7) is 3.79. The first-order valence-corrected chi connectivity index (χ1v) is 11.2. The van der Waals surface area contributed by atoms with Gasteiger partial charge in [-0.15, -0.1) is 0 Å². The lowest BCUT2D eigenvalue weighted by Gasteiger charge is -2.22. The Morgan fingerprint density at radius 2 is 1.66 bits per heavy atom. The molecular formula is C24H29F2N7O2. The van der Waals surface area contributed by atoms with E-state index in [4.69, 9.17) is 11.5 Å². The van der Waals surface area contributed by atoms with E-state index in [1.807, 2.05) is 24.3 Å². The highest BCUT2D eigenvalue weighted by atomic mass is 19.2. The lowest BCUT2D eigenvalue weighted by atomic mass is 10.1. The zero-order valence-corrected chi connectivity index (χ0v) is 19.2. The average molecular weight is 486 g/mol. The van der Waals surface area contributed by atoms with Crippen molar-refractivity contribution in [2.45, 2.75) is 19.4 Å². The van der Waals surface area contributed by atoms with Gasteiger partial charge in [-0.25, -0.2) is 13.6 Å². The molecule has 0 unspecified atom stereocenters. The number of rotatable bonds is 11. The number of carbonyl (C=O) groups excluding carboxylic acids is 1. The molecule has 1 aromatic heterocycles. The van der Waals surface area contributed by atoms with Crippen LogP contribution in [0.2, 0.25) is 0 Å². The van der Waals surface area contributed by atoms with Crippen molar-refractivity contribution in [2.24, 2.45) is 11.5 Å². The summed E-state index contributed by atoms with van der Waals surface area (Å²) in [5.41, 5.74) is 12.9. The van der Waals surface area contributed by atoms with Gasteiger partial charge in [-0.3, -0.25) is 15.0 Å². The maximum absolute atomic E-state index is 13.3. The first kappa shape index (κ1) is 25.9. The fourth-order valence-corrected chi connectivity index (χ4v) is 3.46. The number of nitrogens with one attached hydrogen (secondary N) is 3. The smallest absolute Gasteiger partial charge is 0.326 e. The van der Waals surface area contributed by atoms with Gasteiger partial charge in [0.1, 0.15) is 0 Å². The van der Waals surface area contributed by atoms with Crippen LogP contribution in [0.5, 0.6) is 0 Å². The van der Waals surface area contributed by atoms with Gasteiger partial charge in [0.15, 0.2) is 11.6 Å². The van der Waals surface area contributed by atoms with E-state index in [0.717, 1.165) is 50.2 Å². The summed E-state index contributed by atoms with van der Waals surface area (Å²) in [4.78, 5) is 33.5. The van der Waals surface area contributed by atoms with E-state index < -0.39 is 23.2 Å². The number of hydrogen-bond acceptors (Lipinski definition) is 6. The van der Waals surface area contributed by atoms with E-state index in [1.54, 1.807) is 0 Å². The van der Waals surface area contributed by atoms with Gasteiger partial charge in [0.05, 0.1) is 5.56 Å². The summed E-state index contributed by atoms with van der Waals surface area (Å²) in [6.07, 6.45) is 3.26. The zero-order chi connectivity index (χ0) is 25.2. The number of nitrogens with zero attached hydrogens (tertiary/aromatic N) is 2. The molecule has 0 aliphatic carbocycles. The SMILES string of the molecule is NCCCN(CCCN)Cc1ccc(-c2c[nH]c(NC(=O)Nc3ccc(F)c(F)c3)nc2=O)cc1. The number of hydrogen-bond donors (Lipinski definition) is 5. The number of nitrogens with two attached hydrogens (primary N) is 2. The fraction of sp³-hybridized carbons (Fsp3) is 0.292. The van der Waals surface area contributed by atoms with Crippen LogP contribution >= 0.6 is 0 Å². The lowest BCUT2D eigenvalue weighted by molar-refractivity contribution is 0.262. The van der Waals surface area contributed by atoms with Crippen LogP contribution in [0.25, 0.3) is 11.1 Å². The third-order valence-corrected chi connectivity index (χ3v) is 5.23. The molecule has 3 aromatic rings. The van der Waals surface area contributed by atoms with Crippen molar-refractivity contribution in [3.05, 3.63) is 76.2 Å². The summed E-state index contributed by atoms with van der Waals surface area (Å²) < 4.78 is 26.3. The number of urea groups is 1. The molecule has 0 spiro atoms. The van der Waals surface area contributed by atoms with Crippen LogP contribution in [0.15, 0.2) is 53.5 Å². The van der Waals surface area contributed by atoms with Crippen LogP contribution < -0.4 is 27.7 Å². The lowest BCUT2D eigenvalue weighted by Crippen LogP contribution is -2.28. The predicted molar refractivity (Wildman–Crippen MR) is 132 cm³/mol. The first-order valence-electron chi connectivity index (χ1n) is 11.2. The van der Waals surface area contributed by atoms with Crippen molar-refractivity contribution in [1.29, 1.82) is 0 Å². The molecule has 11 heteroatoms. The number of halogens is 2. The van der Waals surface area contributed by atoms with Gasteiger partial charge in [0.2, 0.25) is 5.95 Å². The fourth-order valence-electron chi connectivity index (χ4n) is 3.46. The number of H-pyrrole nitrogens is 1. The molecule has 7 N–H and O–H groups in total. The van der Waals surface area contributed by atoms with Crippen LogP contribution in [0.3, 0.4) is 0 Å². The maximum Gasteiger partial charge on any atom is 0.326 e. The van der Waals surface area contributed by atoms with Gasteiger partial charge in [0.25, 0.3) is 5.56 Å². The highest BCUT2D eigenvalue weighted by Crippen LogP contribution is 2.17. The second-order valence-electron chi connectivity index (χ2n) is 7.93. The number of aromatic amines is 1. The number of aromatic nitrogens is 2. The summed E-state index contributed by atoms with van der Waals surface area (Å²) >= 11 is 0. The summed E-state index contributed by atoms with van der Waals surface area (Å²) in [7, 11) is 0. The average Bonchev–Trinajstić information content (AvgIpc) is 2.84. The molecule has 35 heavy (non-hydrogen) atoms. The first-order chi connectivity index (χ1) is 16.9. The van der Waals surface area contributed by atoms with Crippen molar-refractivity contribution < 1.29 is 13.6 Å². The Balaban J connectivity index is 1.63. The van der Waals surface area contributed by atoms with E-state index in [0.29, 0.717) is 24.2 Å². The largest absolute Gasteiger partial charge is 0.331 e. The van der Waals surface area contributed by atoms with Crippen LogP contribution in [-0.4, -0.2) is 47.1 Å². The molecule has 0 bridgehead atoms. The van der Waals surface area contributed by atoms with Gasteiger partial charge in [-0.2, -0.15) is 4.98 Å². The Morgan fingerprint density at radius 1 is 0.971 bits per heavy atom. The number of benzene rings is 2. The molecule has 0 aliphatic heterocycles. The second-order valence-corrected chi connectivity index (χ2v) is 7.93. The third kappa shape index (κ3) is 7.67. The molecule has 0 radical (unpaired) electrons. The van der Waals surface area contributed by atoms with Crippen molar-refractivity contribution in [2.75, 3.05) is 36.8 Å². The molecule has 0 fully saturated rings. The molecule has 186 valence electrons. The molecule has 9 nitrogen and oxygen atoms in total. The van der Waals surface area contributed by atoms with E-state index in [1.165, 1.54) is 12.3 Å². The number of anilines is 2. The van der Waals surface area contributed by atoms with Gasteiger partial charge >= 0.3 is 6.03 Å². The summed E-state index contributed by atoms with van der Waals surface area (Å²) in [5, 5.41) is 4.69. The van der Waals surface area contributed by atoms with Crippen molar-refractivity contribution in [1.82, 2.24) is 14.9 Å². The predicted octanol–water partition coefficient (Wildman–Crippen LogP) is 2.86. The molecule has 0 saturated carbocycles. The van der Waals surface area contributed by atoms with Crippen LogP contribution in [0.4, 0.5) is 25.2 Å². The van der Waals surface area contributed by atoms with Crippen LogP contribution in [0.1, 0.15) is 18.4 Å². The van der Waals surface area contributed by atoms with Crippen LogP contribution in [0, 0.1) is 11.6 Å². The quantitative estimate of drug-likeness (QED) is 0.283. The normalized spacial score (nSPS) is 11.0. The minimum atomic E-state index is -1.09. The van der Waals surface area contributed by atoms with Crippen molar-refractivity contribution in [3.8, 4) is 11.1 Å². The third-order valence-electron chi connectivity index (χ3n) is 5.23. The number of amides is 2. The summed E-state index contributed by atoms with van der Waals surface area (Å²) in [6, 6.07) is 9.75. The Hall–Kier alpha value is -3.67. The Kier molecular flexibility index (Phi) is 9.41. The molecule has 0 atom stereocenters. The molecule has 2 aromatic carbocycles. The highest BCUT2D eigenvalue weighted by molar-refractivity contribution is 5.98. The van der Waals surface area contributed by atoms with E-state index in [2.05, 4.69) is 25.5 Å². The Morgan fingerprint density at radius 3 is 2.26 bits per heavy atom. The molecule has 2 amide bonds. The molecule has 0 saturated heterocycles. The summed E-state index contributed by atoms with van der Waals surface area (Å²) in [5.74, 6) is -2.21. The molecule has 3 rings (SSSR count).